The highest BCUT2D eigenvalue weighted by atomic mass is 32.2. The minimum Gasteiger partial charge on any atom is -0.488 e. The van der Waals surface area contributed by atoms with Crippen molar-refractivity contribution in [2.45, 2.75) is 77.0 Å². The van der Waals surface area contributed by atoms with E-state index in [2.05, 4.69) is 10.3 Å². The van der Waals surface area contributed by atoms with Gasteiger partial charge in [0.2, 0.25) is 10.0 Å². The molecule has 0 saturated heterocycles. The van der Waals surface area contributed by atoms with Crippen LogP contribution in [0.25, 0.3) is 0 Å². The minimum absolute atomic E-state index is 0.0408. The number of benzene rings is 3. The zero-order valence-electron chi connectivity index (χ0n) is 25.2. The summed E-state index contributed by atoms with van der Waals surface area (Å²) >= 11 is 0. The van der Waals surface area contributed by atoms with Crippen LogP contribution < -0.4 is 4.74 Å². The first kappa shape index (κ1) is 31.9. The molecule has 5 rings (SSSR count). The fourth-order valence-electron chi connectivity index (χ4n) is 5.21. The molecule has 10 heteroatoms. The summed E-state index contributed by atoms with van der Waals surface area (Å²) in [6, 6.07) is 22.5. The van der Waals surface area contributed by atoms with Crippen LogP contribution in [0.15, 0.2) is 83.9 Å². The van der Waals surface area contributed by atoms with E-state index in [9.17, 15) is 18.3 Å². The predicted molar refractivity (Wildman–Crippen MR) is 166 cm³/mol. The van der Waals surface area contributed by atoms with Gasteiger partial charge in [0.05, 0.1) is 25.2 Å². The molecule has 43 heavy (non-hydrogen) atoms. The first-order valence-corrected chi connectivity index (χ1v) is 16.1. The Morgan fingerprint density at radius 1 is 1.05 bits per heavy atom. The number of sulfonamides is 1. The van der Waals surface area contributed by atoms with Crippen LogP contribution in [0.2, 0.25) is 0 Å². The number of para-hydroxylation sites is 1. The van der Waals surface area contributed by atoms with Crippen molar-refractivity contribution in [2.24, 2.45) is 0 Å². The quantitative estimate of drug-likeness (QED) is 0.242. The van der Waals surface area contributed by atoms with Crippen molar-refractivity contribution in [2.75, 3.05) is 6.54 Å². The Bertz CT molecular complexity index is 1620. The molecule has 0 radical (unpaired) electrons. The summed E-state index contributed by atoms with van der Waals surface area (Å²) in [5, 5.41) is 18.2. The van der Waals surface area contributed by atoms with Crippen LogP contribution >= 0.6 is 0 Å². The number of aliphatic carboxylic acids is 1. The zero-order valence-corrected chi connectivity index (χ0v) is 26.0. The molecule has 0 saturated carbocycles. The highest BCUT2D eigenvalue weighted by Gasteiger charge is 2.33. The topological polar surface area (TPSA) is 115 Å². The highest BCUT2D eigenvalue weighted by Crippen LogP contribution is 2.33. The maximum Gasteiger partial charge on any atom is 0.303 e. The lowest BCUT2D eigenvalue weighted by molar-refractivity contribution is -0.137. The van der Waals surface area contributed by atoms with Gasteiger partial charge in [-0.2, -0.15) is 4.31 Å². The predicted octanol–water partition coefficient (Wildman–Crippen LogP) is 5.82. The summed E-state index contributed by atoms with van der Waals surface area (Å²) in [5.41, 5.74) is 4.55. The molecular formula is C33H40N4O5S. The summed E-state index contributed by atoms with van der Waals surface area (Å²) in [6.07, 6.45) is 2.67. The van der Waals surface area contributed by atoms with Crippen molar-refractivity contribution in [3.8, 4) is 5.75 Å². The van der Waals surface area contributed by atoms with Crippen LogP contribution in [0, 0.1) is 6.92 Å². The molecule has 1 unspecified atom stereocenters. The Hall–Kier alpha value is -4.02. The lowest BCUT2D eigenvalue weighted by atomic mass is 9.88. The molecule has 1 aliphatic heterocycles. The lowest BCUT2D eigenvalue weighted by Gasteiger charge is -2.23. The summed E-state index contributed by atoms with van der Waals surface area (Å²) in [7, 11) is -3.79. The van der Waals surface area contributed by atoms with Gasteiger partial charge in [0.25, 0.3) is 0 Å². The van der Waals surface area contributed by atoms with E-state index in [-0.39, 0.29) is 36.4 Å². The molecule has 1 aromatic heterocycles. The molecule has 2 atom stereocenters. The molecule has 0 bridgehead atoms. The van der Waals surface area contributed by atoms with E-state index >= 15 is 0 Å². The van der Waals surface area contributed by atoms with Crippen LogP contribution in [0.1, 0.15) is 67.5 Å². The Morgan fingerprint density at radius 3 is 2.51 bits per heavy atom. The highest BCUT2D eigenvalue weighted by molar-refractivity contribution is 7.89. The van der Waals surface area contributed by atoms with E-state index in [1.54, 1.807) is 28.9 Å². The summed E-state index contributed by atoms with van der Waals surface area (Å²) in [5.74, 6) is -0.799. The molecule has 0 amide bonds. The Morgan fingerprint density at radius 2 is 1.77 bits per heavy atom. The number of nitrogens with zero attached hydrogens (tertiary/aromatic N) is 4. The van der Waals surface area contributed by atoms with E-state index < -0.39 is 16.0 Å². The zero-order chi connectivity index (χ0) is 31.0. The molecule has 1 N–H and O–H groups in total. The second-order valence-corrected chi connectivity index (χ2v) is 12.5. The molecule has 0 fully saturated rings. The Balaban J connectivity index is 0.00000207. The molecule has 4 aromatic rings. The van der Waals surface area contributed by atoms with Gasteiger partial charge in [-0.25, -0.2) is 13.1 Å². The van der Waals surface area contributed by atoms with E-state index in [1.165, 1.54) is 4.31 Å². The molecule has 3 aromatic carbocycles. The summed E-state index contributed by atoms with van der Waals surface area (Å²) in [6.45, 7) is 8.78. The third kappa shape index (κ3) is 8.09. The molecule has 0 aliphatic carbocycles. The number of aryl methyl sites for hydroxylation is 2. The number of carbonyl (C=O) groups is 1. The van der Waals surface area contributed by atoms with Gasteiger partial charge in [-0.15, -0.1) is 5.10 Å². The molecule has 228 valence electrons. The van der Waals surface area contributed by atoms with E-state index in [0.717, 1.165) is 27.9 Å². The maximum absolute atomic E-state index is 13.6. The van der Waals surface area contributed by atoms with E-state index in [4.69, 9.17) is 4.74 Å². The summed E-state index contributed by atoms with van der Waals surface area (Å²) < 4.78 is 36.3. The molecule has 9 nitrogen and oxygen atoms in total. The average molecular weight is 605 g/mol. The van der Waals surface area contributed by atoms with Crippen LogP contribution in [0.4, 0.5) is 0 Å². The number of hydrogen-bond acceptors (Lipinski definition) is 6. The average Bonchev–Trinajstić information content (AvgIpc) is 3.41. The van der Waals surface area contributed by atoms with Crippen molar-refractivity contribution < 1.29 is 23.1 Å². The Labute approximate surface area is 254 Å². The second kappa shape index (κ2) is 14.4. The number of fused-ring (bicyclic) bond motifs is 1. The number of hydrogen-bond donors (Lipinski definition) is 1. The SMILES string of the molecule is CC.Cc1ccc(C(CCc2cn(Cc3ccccc3)nn2)CC(=O)O)cc1CN1C[C@@H](C)Oc2ccccc2S1(=O)=O. The molecule has 0 spiro atoms. The third-order valence-corrected chi connectivity index (χ3v) is 9.24. The maximum atomic E-state index is 13.6. The standard InChI is InChI=1S/C31H34N4O5S.C2H6/c1-22-12-13-25(16-27(22)20-35-18-23(2)40-29-10-6-7-11-30(29)41(35,38)39)26(17-31(36)37)14-15-28-21-34(33-32-28)19-24-8-4-3-5-9-24;1-2/h3-13,16,21,23,26H,14-15,17-20H2,1-2H3,(H,36,37);1-2H3/t23-,26?;/m1./s1. The fraction of sp³-hybridized carbons (Fsp3) is 0.364. The van der Waals surface area contributed by atoms with Gasteiger partial charge < -0.3 is 9.84 Å². The van der Waals surface area contributed by atoms with Gasteiger partial charge in [-0.1, -0.05) is 79.7 Å². The first-order chi connectivity index (χ1) is 20.7. The number of aromatic nitrogens is 3. The molecule has 2 heterocycles. The first-order valence-electron chi connectivity index (χ1n) is 14.7. The van der Waals surface area contributed by atoms with Crippen molar-refractivity contribution >= 4 is 16.0 Å². The van der Waals surface area contributed by atoms with Gasteiger partial charge in [0.15, 0.2) is 0 Å². The third-order valence-electron chi connectivity index (χ3n) is 7.39. The smallest absolute Gasteiger partial charge is 0.303 e. The minimum atomic E-state index is -3.79. The van der Waals surface area contributed by atoms with Crippen molar-refractivity contribution in [3.05, 3.63) is 107 Å². The van der Waals surface area contributed by atoms with Crippen molar-refractivity contribution in [1.29, 1.82) is 0 Å². The van der Waals surface area contributed by atoms with Crippen LogP contribution in [0.5, 0.6) is 5.75 Å². The number of carboxylic acids is 1. The number of carboxylic acid groups (broad SMARTS) is 1. The van der Waals surface area contributed by atoms with Crippen LogP contribution in [0.3, 0.4) is 0 Å². The van der Waals surface area contributed by atoms with Crippen molar-refractivity contribution in [1.82, 2.24) is 19.3 Å². The fourth-order valence-corrected chi connectivity index (χ4v) is 6.83. The lowest BCUT2D eigenvalue weighted by Crippen LogP contribution is -2.35. The largest absolute Gasteiger partial charge is 0.488 e. The number of rotatable bonds is 10. The second-order valence-electron chi connectivity index (χ2n) is 10.6. The van der Waals surface area contributed by atoms with Gasteiger partial charge in [0, 0.05) is 12.7 Å². The molecule has 1 aliphatic rings. The van der Waals surface area contributed by atoms with E-state index in [0.29, 0.717) is 25.1 Å². The number of ether oxygens (including phenoxy) is 1. The van der Waals surface area contributed by atoms with Crippen LogP contribution in [-0.2, 0) is 34.3 Å². The normalized spacial score (nSPS) is 16.6. The van der Waals surface area contributed by atoms with Crippen LogP contribution in [-0.4, -0.2) is 51.4 Å². The Kier molecular flexibility index (Phi) is 10.7. The van der Waals surface area contributed by atoms with Gasteiger partial charge in [-0.05, 0) is 67.0 Å². The van der Waals surface area contributed by atoms with E-state index in [1.807, 2.05) is 82.4 Å². The van der Waals surface area contributed by atoms with Crippen molar-refractivity contribution in [3.63, 3.8) is 0 Å². The van der Waals surface area contributed by atoms with Gasteiger partial charge >= 0.3 is 5.97 Å². The summed E-state index contributed by atoms with van der Waals surface area (Å²) in [4.78, 5) is 12.0. The molecular weight excluding hydrogens is 564 g/mol. The van der Waals surface area contributed by atoms with Gasteiger partial charge in [0.1, 0.15) is 16.7 Å². The monoisotopic (exact) mass is 604 g/mol. The van der Waals surface area contributed by atoms with Gasteiger partial charge in [-0.3, -0.25) is 4.79 Å².